The summed E-state index contributed by atoms with van der Waals surface area (Å²) in [6.07, 6.45) is 0. The smallest absolute Gasteiger partial charge is 0.0547 e. The number of benzene rings is 11. The number of nitrogens with zero attached hydrogens (tertiary/aromatic N) is 2. The van der Waals surface area contributed by atoms with Crippen molar-refractivity contribution in [1.82, 2.24) is 4.57 Å². The molecule has 0 saturated heterocycles. The van der Waals surface area contributed by atoms with Gasteiger partial charge in [-0.3, -0.25) is 0 Å². The minimum atomic E-state index is 1.08. The van der Waals surface area contributed by atoms with E-state index in [0.29, 0.717) is 0 Å². The van der Waals surface area contributed by atoms with Crippen molar-refractivity contribution in [1.29, 1.82) is 0 Å². The van der Waals surface area contributed by atoms with E-state index in [1.165, 1.54) is 77.4 Å². The van der Waals surface area contributed by atoms with Crippen LogP contribution < -0.4 is 4.90 Å². The molecule has 0 radical (unpaired) electrons. The Hall–Kier alpha value is -8.98. The number of para-hydroxylation sites is 2. The number of rotatable bonds is 10. The Labute approximate surface area is 397 Å². The van der Waals surface area contributed by atoms with Gasteiger partial charge in [-0.05, 0) is 133 Å². The molecule has 1 aromatic heterocycles. The fourth-order valence-corrected chi connectivity index (χ4v) is 10.0. The maximum atomic E-state index is 2.39. The Bertz CT molecular complexity index is 3580. The van der Waals surface area contributed by atoms with Gasteiger partial charge in [0.05, 0.1) is 11.0 Å². The summed E-state index contributed by atoms with van der Waals surface area (Å²) in [5, 5.41) is 2.50. The maximum absolute atomic E-state index is 2.39. The molecule has 12 aromatic rings. The van der Waals surface area contributed by atoms with E-state index in [2.05, 4.69) is 289 Å². The molecule has 12 rings (SSSR count). The lowest BCUT2D eigenvalue weighted by molar-refractivity contribution is 1.18. The third kappa shape index (κ3) is 7.54. The normalized spacial score (nSPS) is 11.2. The first-order valence-electron chi connectivity index (χ1n) is 23.3. The fourth-order valence-electron chi connectivity index (χ4n) is 10.0. The number of anilines is 3. The van der Waals surface area contributed by atoms with Crippen LogP contribution in [0.15, 0.2) is 279 Å². The summed E-state index contributed by atoms with van der Waals surface area (Å²) < 4.78 is 2.39. The lowest BCUT2D eigenvalue weighted by Crippen LogP contribution is -2.10. The molecule has 0 saturated carbocycles. The van der Waals surface area contributed by atoms with Crippen LogP contribution in [0.5, 0.6) is 0 Å². The summed E-state index contributed by atoms with van der Waals surface area (Å²) in [6, 6.07) is 101. The minimum Gasteiger partial charge on any atom is -0.310 e. The quantitative estimate of drug-likeness (QED) is 0.133. The molecule has 0 fully saturated rings. The lowest BCUT2D eigenvalue weighted by Gasteiger charge is -2.27. The molecule has 1 heterocycles. The van der Waals surface area contributed by atoms with Gasteiger partial charge in [0.15, 0.2) is 0 Å². The number of fused-ring (bicyclic) bond motifs is 3. The maximum Gasteiger partial charge on any atom is 0.0547 e. The Balaban J connectivity index is 0.954. The van der Waals surface area contributed by atoms with E-state index in [0.717, 1.165) is 33.9 Å². The van der Waals surface area contributed by atoms with Gasteiger partial charge in [0, 0.05) is 33.5 Å². The summed E-state index contributed by atoms with van der Waals surface area (Å²) in [4.78, 5) is 2.38. The number of hydrogen-bond acceptors (Lipinski definition) is 1. The second kappa shape index (κ2) is 17.8. The number of hydrogen-bond donors (Lipinski definition) is 0. The van der Waals surface area contributed by atoms with Gasteiger partial charge in [-0.15, -0.1) is 0 Å². The first kappa shape index (κ1) is 40.5. The predicted molar refractivity (Wildman–Crippen MR) is 288 cm³/mol. The lowest BCUT2D eigenvalue weighted by atomic mass is 9.94. The van der Waals surface area contributed by atoms with Gasteiger partial charge in [-0.2, -0.15) is 0 Å². The summed E-state index contributed by atoms with van der Waals surface area (Å²) in [7, 11) is 0. The molecule has 0 aliphatic carbocycles. The fraction of sp³-hybridized carbons (Fsp3) is 0. The van der Waals surface area contributed by atoms with Crippen LogP contribution in [0.3, 0.4) is 0 Å². The van der Waals surface area contributed by atoms with E-state index in [9.17, 15) is 0 Å². The average Bonchev–Trinajstić information content (AvgIpc) is 3.77. The van der Waals surface area contributed by atoms with Gasteiger partial charge in [-0.25, -0.2) is 0 Å². The summed E-state index contributed by atoms with van der Waals surface area (Å²) >= 11 is 0. The van der Waals surface area contributed by atoms with E-state index in [1.807, 2.05) is 0 Å². The standard InChI is InChI=1S/C66H46N2/c1-4-19-47(20-5-1)58-29-10-12-31-60(58)49-37-41-55(42-38-49)67(56-43-39-50(40-44-56)61-32-13-11-30-59(61)48-21-6-2-7-22-48)57-28-17-24-52(46-57)51-23-16-25-53(45-51)62-34-18-36-65-66(62)63-33-14-15-35-64(63)68(65)54-26-8-3-9-27-54/h1-46H. The summed E-state index contributed by atoms with van der Waals surface area (Å²) in [5.74, 6) is 0. The van der Waals surface area contributed by atoms with Crippen molar-refractivity contribution in [2.75, 3.05) is 4.90 Å². The van der Waals surface area contributed by atoms with Crippen LogP contribution in [-0.4, -0.2) is 4.57 Å². The molecular weight excluding hydrogens is 821 g/mol. The van der Waals surface area contributed by atoms with Crippen LogP contribution >= 0.6 is 0 Å². The molecule has 0 aliphatic rings. The van der Waals surface area contributed by atoms with Crippen LogP contribution in [0.1, 0.15) is 0 Å². The Kier molecular flexibility index (Phi) is 10.6. The van der Waals surface area contributed by atoms with Gasteiger partial charge >= 0.3 is 0 Å². The van der Waals surface area contributed by atoms with Crippen LogP contribution in [0.4, 0.5) is 17.1 Å². The third-order valence-corrected chi connectivity index (χ3v) is 13.2. The van der Waals surface area contributed by atoms with Crippen molar-refractivity contribution in [3.8, 4) is 72.4 Å². The Morgan fingerprint density at radius 1 is 0.235 bits per heavy atom. The summed E-state index contributed by atoms with van der Waals surface area (Å²) in [6.45, 7) is 0. The van der Waals surface area contributed by atoms with E-state index >= 15 is 0 Å². The zero-order valence-electron chi connectivity index (χ0n) is 37.5. The van der Waals surface area contributed by atoms with Crippen molar-refractivity contribution >= 4 is 38.9 Å². The molecule has 0 unspecified atom stereocenters. The topological polar surface area (TPSA) is 8.17 Å². The monoisotopic (exact) mass is 866 g/mol. The van der Waals surface area contributed by atoms with Crippen molar-refractivity contribution in [3.63, 3.8) is 0 Å². The van der Waals surface area contributed by atoms with E-state index in [4.69, 9.17) is 0 Å². The van der Waals surface area contributed by atoms with Crippen molar-refractivity contribution in [2.45, 2.75) is 0 Å². The molecule has 0 spiro atoms. The molecule has 68 heavy (non-hydrogen) atoms. The van der Waals surface area contributed by atoms with Gasteiger partial charge in [0.25, 0.3) is 0 Å². The highest BCUT2D eigenvalue weighted by atomic mass is 15.1. The second-order valence-corrected chi connectivity index (χ2v) is 17.3. The highest BCUT2D eigenvalue weighted by Crippen LogP contribution is 2.43. The van der Waals surface area contributed by atoms with Gasteiger partial charge in [-0.1, -0.05) is 212 Å². The van der Waals surface area contributed by atoms with Crippen LogP contribution in [0.25, 0.3) is 94.3 Å². The van der Waals surface area contributed by atoms with E-state index < -0.39 is 0 Å². The average molecular weight is 867 g/mol. The van der Waals surface area contributed by atoms with Crippen molar-refractivity contribution < 1.29 is 0 Å². The SMILES string of the molecule is c1ccc(-c2ccccc2-c2ccc(N(c3ccc(-c4ccccc4-c4ccccc4)cc3)c3cccc(-c4cccc(-c5cccc6c5c5ccccc5n6-c5ccccc5)c4)c3)cc2)cc1. The molecule has 0 aliphatic heterocycles. The summed E-state index contributed by atoms with van der Waals surface area (Å²) in [5.41, 5.74) is 21.1. The second-order valence-electron chi connectivity index (χ2n) is 17.3. The molecule has 11 aromatic carbocycles. The molecule has 0 atom stereocenters. The molecule has 2 heteroatoms. The Morgan fingerprint density at radius 3 is 1.21 bits per heavy atom. The van der Waals surface area contributed by atoms with Crippen molar-refractivity contribution in [2.24, 2.45) is 0 Å². The first-order valence-corrected chi connectivity index (χ1v) is 23.3. The molecular formula is C66H46N2. The van der Waals surface area contributed by atoms with Crippen LogP contribution in [0.2, 0.25) is 0 Å². The van der Waals surface area contributed by atoms with Crippen molar-refractivity contribution in [3.05, 3.63) is 279 Å². The highest BCUT2D eigenvalue weighted by molar-refractivity contribution is 6.16. The van der Waals surface area contributed by atoms with Gasteiger partial charge < -0.3 is 9.47 Å². The third-order valence-electron chi connectivity index (χ3n) is 13.2. The molecule has 320 valence electrons. The first-order chi connectivity index (χ1) is 33.7. The van der Waals surface area contributed by atoms with E-state index in [1.54, 1.807) is 0 Å². The van der Waals surface area contributed by atoms with Crippen LogP contribution in [-0.2, 0) is 0 Å². The molecule has 0 amide bonds. The highest BCUT2D eigenvalue weighted by Gasteiger charge is 2.19. The minimum absolute atomic E-state index is 1.08. The Morgan fingerprint density at radius 2 is 0.632 bits per heavy atom. The largest absolute Gasteiger partial charge is 0.310 e. The molecule has 0 N–H and O–H groups in total. The van der Waals surface area contributed by atoms with Gasteiger partial charge in [0.2, 0.25) is 0 Å². The molecule has 0 bridgehead atoms. The van der Waals surface area contributed by atoms with E-state index in [-0.39, 0.29) is 0 Å². The molecule has 2 nitrogen and oxygen atoms in total. The van der Waals surface area contributed by atoms with Crippen LogP contribution in [0, 0.1) is 0 Å². The predicted octanol–water partition coefficient (Wildman–Crippen LogP) is 18.3. The zero-order chi connectivity index (χ0) is 45.2. The van der Waals surface area contributed by atoms with Gasteiger partial charge in [0.1, 0.15) is 0 Å². The number of aromatic nitrogens is 1. The zero-order valence-corrected chi connectivity index (χ0v) is 37.5.